The van der Waals surface area contributed by atoms with Crippen LogP contribution in [0.15, 0.2) is 47.8 Å². The molecule has 0 radical (unpaired) electrons. The van der Waals surface area contributed by atoms with Crippen LogP contribution in [-0.4, -0.2) is 0 Å². The van der Waals surface area contributed by atoms with Gasteiger partial charge in [0.25, 0.3) is 0 Å². The maximum atomic E-state index is 6.12. The highest BCUT2D eigenvalue weighted by Crippen LogP contribution is 2.18. The molecule has 1 nitrogen and oxygen atoms in total. The summed E-state index contributed by atoms with van der Waals surface area (Å²) in [5.74, 6) is 0. The summed E-state index contributed by atoms with van der Waals surface area (Å²) in [5.41, 5.74) is 7.35. The van der Waals surface area contributed by atoms with Gasteiger partial charge in [-0.25, -0.2) is 0 Å². The first-order chi connectivity index (χ1) is 7.36. The van der Waals surface area contributed by atoms with Crippen LogP contribution in [-0.2, 0) is 6.42 Å². The van der Waals surface area contributed by atoms with Gasteiger partial charge in [0, 0.05) is 10.9 Å². The second-order valence-corrected chi connectivity index (χ2v) is 4.67. The lowest BCUT2D eigenvalue weighted by Gasteiger charge is -2.10. The number of benzene rings is 1. The van der Waals surface area contributed by atoms with Crippen LogP contribution in [0.4, 0.5) is 0 Å². The molecule has 0 saturated carbocycles. The van der Waals surface area contributed by atoms with Crippen molar-refractivity contribution in [3.05, 3.63) is 58.3 Å². The van der Waals surface area contributed by atoms with Crippen molar-refractivity contribution in [2.45, 2.75) is 18.9 Å². The Morgan fingerprint density at radius 3 is 2.53 bits per heavy atom. The Labute approximate surface area is 94.6 Å². The van der Waals surface area contributed by atoms with Crippen molar-refractivity contribution in [1.29, 1.82) is 0 Å². The third-order valence-corrected chi connectivity index (χ3v) is 3.45. The van der Waals surface area contributed by atoms with E-state index in [-0.39, 0.29) is 6.04 Å². The van der Waals surface area contributed by atoms with Crippen molar-refractivity contribution in [1.82, 2.24) is 0 Å². The Bertz CT molecular complexity index is 380. The number of aryl methyl sites for hydroxylation is 1. The molecule has 0 bridgehead atoms. The Balaban J connectivity index is 1.90. The van der Waals surface area contributed by atoms with Gasteiger partial charge in [-0.2, -0.15) is 0 Å². The largest absolute Gasteiger partial charge is 0.324 e. The number of hydrogen-bond donors (Lipinski definition) is 1. The van der Waals surface area contributed by atoms with Crippen LogP contribution in [0, 0.1) is 0 Å². The van der Waals surface area contributed by atoms with E-state index in [0.29, 0.717) is 0 Å². The molecule has 0 amide bonds. The average Bonchev–Trinajstić information content (AvgIpc) is 2.80. The molecule has 0 spiro atoms. The SMILES string of the molecule is N[C@@H](CCc1cccs1)c1ccccc1. The fraction of sp³-hybridized carbons (Fsp3) is 0.231. The molecule has 1 heterocycles. The summed E-state index contributed by atoms with van der Waals surface area (Å²) in [5, 5.41) is 2.11. The average molecular weight is 217 g/mol. The third kappa shape index (κ3) is 2.91. The zero-order chi connectivity index (χ0) is 10.5. The highest BCUT2D eigenvalue weighted by Gasteiger charge is 2.05. The van der Waals surface area contributed by atoms with E-state index in [4.69, 9.17) is 5.73 Å². The van der Waals surface area contributed by atoms with Gasteiger partial charge in [-0.3, -0.25) is 0 Å². The Morgan fingerprint density at radius 1 is 1.07 bits per heavy atom. The molecule has 2 aromatic rings. The van der Waals surface area contributed by atoms with Crippen LogP contribution in [0.25, 0.3) is 0 Å². The molecule has 1 aromatic carbocycles. The van der Waals surface area contributed by atoms with E-state index < -0.39 is 0 Å². The molecule has 0 saturated heterocycles. The Morgan fingerprint density at radius 2 is 1.87 bits per heavy atom. The first-order valence-electron chi connectivity index (χ1n) is 5.19. The minimum absolute atomic E-state index is 0.160. The van der Waals surface area contributed by atoms with Crippen LogP contribution < -0.4 is 5.73 Å². The normalized spacial score (nSPS) is 12.6. The molecule has 0 fully saturated rings. The lowest BCUT2D eigenvalue weighted by Crippen LogP contribution is -2.10. The molecule has 78 valence electrons. The molecular formula is C13H15NS. The summed E-state index contributed by atoms with van der Waals surface area (Å²) < 4.78 is 0. The molecule has 0 unspecified atom stereocenters. The molecular weight excluding hydrogens is 202 g/mol. The van der Waals surface area contributed by atoms with Gasteiger partial charge in [0.2, 0.25) is 0 Å². The van der Waals surface area contributed by atoms with E-state index in [1.807, 2.05) is 18.2 Å². The summed E-state index contributed by atoms with van der Waals surface area (Å²) in [7, 11) is 0. The van der Waals surface area contributed by atoms with Crippen LogP contribution in [0.2, 0.25) is 0 Å². The Hall–Kier alpha value is -1.12. The Kier molecular flexibility index (Phi) is 3.54. The first kappa shape index (κ1) is 10.4. The fourth-order valence-corrected chi connectivity index (χ4v) is 2.34. The van der Waals surface area contributed by atoms with Crippen LogP contribution in [0.3, 0.4) is 0 Å². The van der Waals surface area contributed by atoms with Crippen LogP contribution in [0.1, 0.15) is 22.9 Å². The number of hydrogen-bond acceptors (Lipinski definition) is 2. The molecule has 1 atom stereocenters. The van der Waals surface area contributed by atoms with Crippen molar-refractivity contribution in [2.24, 2.45) is 5.73 Å². The lowest BCUT2D eigenvalue weighted by molar-refractivity contribution is 0.655. The van der Waals surface area contributed by atoms with Gasteiger partial charge >= 0.3 is 0 Å². The monoisotopic (exact) mass is 217 g/mol. The van der Waals surface area contributed by atoms with Crippen molar-refractivity contribution >= 4 is 11.3 Å². The van der Waals surface area contributed by atoms with E-state index in [1.165, 1.54) is 10.4 Å². The summed E-state index contributed by atoms with van der Waals surface area (Å²) in [6.07, 6.45) is 2.10. The lowest BCUT2D eigenvalue weighted by atomic mass is 10.0. The number of thiophene rings is 1. The van der Waals surface area contributed by atoms with E-state index in [0.717, 1.165) is 12.8 Å². The van der Waals surface area contributed by atoms with Crippen molar-refractivity contribution in [2.75, 3.05) is 0 Å². The molecule has 0 aliphatic heterocycles. The highest BCUT2D eigenvalue weighted by molar-refractivity contribution is 7.09. The predicted octanol–water partition coefficient (Wildman–Crippen LogP) is 3.38. The van der Waals surface area contributed by atoms with Gasteiger partial charge in [0.05, 0.1) is 0 Å². The zero-order valence-electron chi connectivity index (χ0n) is 8.60. The molecule has 2 rings (SSSR count). The molecule has 2 heteroatoms. The van der Waals surface area contributed by atoms with Gasteiger partial charge in [0.1, 0.15) is 0 Å². The second-order valence-electron chi connectivity index (χ2n) is 3.64. The van der Waals surface area contributed by atoms with Gasteiger partial charge in [0.15, 0.2) is 0 Å². The van der Waals surface area contributed by atoms with Crippen molar-refractivity contribution in [3.8, 4) is 0 Å². The minimum atomic E-state index is 0.160. The molecule has 0 aliphatic carbocycles. The minimum Gasteiger partial charge on any atom is -0.324 e. The zero-order valence-corrected chi connectivity index (χ0v) is 9.41. The predicted molar refractivity (Wildman–Crippen MR) is 66.0 cm³/mol. The molecule has 0 aliphatic rings. The first-order valence-corrected chi connectivity index (χ1v) is 6.07. The number of rotatable bonds is 4. The summed E-state index contributed by atoms with van der Waals surface area (Å²) in [6.45, 7) is 0. The summed E-state index contributed by atoms with van der Waals surface area (Å²) in [6, 6.07) is 14.7. The maximum absolute atomic E-state index is 6.12. The van der Waals surface area contributed by atoms with Crippen molar-refractivity contribution in [3.63, 3.8) is 0 Å². The molecule has 15 heavy (non-hydrogen) atoms. The van der Waals surface area contributed by atoms with Crippen LogP contribution in [0.5, 0.6) is 0 Å². The quantitative estimate of drug-likeness (QED) is 0.834. The van der Waals surface area contributed by atoms with E-state index in [9.17, 15) is 0 Å². The maximum Gasteiger partial charge on any atom is 0.0298 e. The second kappa shape index (κ2) is 5.10. The van der Waals surface area contributed by atoms with Gasteiger partial charge < -0.3 is 5.73 Å². The standard InChI is InChI=1S/C13H15NS/c14-13(11-5-2-1-3-6-11)9-8-12-7-4-10-15-12/h1-7,10,13H,8-9,14H2/t13-/m0/s1. The van der Waals surface area contributed by atoms with Gasteiger partial charge in [-0.1, -0.05) is 36.4 Å². The van der Waals surface area contributed by atoms with E-state index >= 15 is 0 Å². The number of nitrogens with two attached hydrogens (primary N) is 1. The molecule has 1 aromatic heterocycles. The van der Waals surface area contributed by atoms with Crippen LogP contribution >= 0.6 is 11.3 Å². The highest BCUT2D eigenvalue weighted by atomic mass is 32.1. The van der Waals surface area contributed by atoms with Gasteiger partial charge in [-0.05, 0) is 29.9 Å². The van der Waals surface area contributed by atoms with E-state index in [2.05, 4.69) is 29.6 Å². The van der Waals surface area contributed by atoms with Crippen molar-refractivity contribution < 1.29 is 0 Å². The van der Waals surface area contributed by atoms with Gasteiger partial charge in [-0.15, -0.1) is 11.3 Å². The fourth-order valence-electron chi connectivity index (χ4n) is 1.62. The topological polar surface area (TPSA) is 26.0 Å². The summed E-state index contributed by atoms with van der Waals surface area (Å²) in [4.78, 5) is 1.42. The summed E-state index contributed by atoms with van der Waals surface area (Å²) >= 11 is 1.80. The third-order valence-electron chi connectivity index (χ3n) is 2.51. The van der Waals surface area contributed by atoms with E-state index in [1.54, 1.807) is 11.3 Å². The molecule has 2 N–H and O–H groups in total. The smallest absolute Gasteiger partial charge is 0.0298 e.